The molecule has 2 rings (SSSR count). The highest BCUT2D eigenvalue weighted by Gasteiger charge is 2.31. The van der Waals surface area contributed by atoms with Crippen LogP contribution in [0.25, 0.3) is 0 Å². The maximum atomic E-state index is 13.1. The van der Waals surface area contributed by atoms with Crippen LogP contribution >= 0.6 is 11.6 Å². The zero-order chi connectivity index (χ0) is 17.9. The third-order valence-corrected chi connectivity index (χ3v) is 4.44. The fraction of sp³-hybridized carbons (Fsp3) is 0.556. The number of halogens is 2. The Hall–Kier alpha value is -1.62. The highest BCUT2D eigenvalue weighted by atomic mass is 35.5. The van der Waals surface area contributed by atoms with Gasteiger partial charge in [-0.25, -0.2) is 4.39 Å². The van der Waals surface area contributed by atoms with E-state index in [-0.39, 0.29) is 34.2 Å². The van der Waals surface area contributed by atoms with Crippen molar-refractivity contribution in [2.75, 3.05) is 5.32 Å². The molecule has 0 unspecified atom stereocenters. The first-order chi connectivity index (χ1) is 11.2. The topological polar surface area (TPSA) is 58.2 Å². The van der Waals surface area contributed by atoms with Crippen molar-refractivity contribution in [1.29, 1.82) is 0 Å². The van der Waals surface area contributed by atoms with E-state index in [0.29, 0.717) is 31.4 Å². The third-order valence-electron chi connectivity index (χ3n) is 4.15. The molecule has 1 saturated carbocycles. The van der Waals surface area contributed by atoms with Gasteiger partial charge in [-0.3, -0.25) is 9.59 Å². The van der Waals surface area contributed by atoms with Gasteiger partial charge < -0.3 is 10.6 Å². The highest BCUT2D eigenvalue weighted by Crippen LogP contribution is 2.30. The summed E-state index contributed by atoms with van der Waals surface area (Å²) in [7, 11) is 0. The summed E-state index contributed by atoms with van der Waals surface area (Å²) in [4.78, 5) is 24.5. The molecule has 6 heteroatoms. The van der Waals surface area contributed by atoms with E-state index in [1.807, 2.05) is 20.8 Å². The Bertz CT molecular complexity index is 620. The van der Waals surface area contributed by atoms with Crippen molar-refractivity contribution < 1.29 is 14.0 Å². The van der Waals surface area contributed by atoms with Crippen LogP contribution in [0.1, 0.15) is 46.5 Å². The van der Waals surface area contributed by atoms with E-state index < -0.39 is 5.82 Å². The number of benzene rings is 1. The Kier molecular flexibility index (Phi) is 5.86. The summed E-state index contributed by atoms with van der Waals surface area (Å²) in [6, 6.07) is 4.12. The summed E-state index contributed by atoms with van der Waals surface area (Å²) in [5.74, 6) is -0.722. The van der Waals surface area contributed by atoms with Crippen LogP contribution in [0.3, 0.4) is 0 Å². The number of hydrogen-bond acceptors (Lipinski definition) is 2. The van der Waals surface area contributed by atoms with Gasteiger partial charge in [0.15, 0.2) is 0 Å². The van der Waals surface area contributed by atoms with Gasteiger partial charge in [-0.15, -0.1) is 0 Å². The largest absolute Gasteiger partial charge is 0.351 e. The normalized spacial score (nSPS) is 21.2. The minimum atomic E-state index is -0.514. The van der Waals surface area contributed by atoms with Crippen LogP contribution in [0.2, 0.25) is 5.02 Å². The van der Waals surface area contributed by atoms with Crippen molar-refractivity contribution in [2.24, 2.45) is 11.8 Å². The SMILES string of the molecule is CC(C)(C)NC(=O)C1CCC(C(=O)Nc2ccc(F)c(Cl)c2)CC1. The minimum Gasteiger partial charge on any atom is -0.351 e. The number of carbonyl (C=O) groups is 2. The van der Waals surface area contributed by atoms with Crippen LogP contribution in [-0.4, -0.2) is 17.4 Å². The molecule has 0 heterocycles. The van der Waals surface area contributed by atoms with E-state index >= 15 is 0 Å². The van der Waals surface area contributed by atoms with Crippen LogP contribution in [0.4, 0.5) is 10.1 Å². The van der Waals surface area contributed by atoms with Crippen LogP contribution in [0.15, 0.2) is 18.2 Å². The van der Waals surface area contributed by atoms with Gasteiger partial charge in [-0.1, -0.05) is 11.6 Å². The lowest BCUT2D eigenvalue weighted by molar-refractivity contribution is -0.129. The van der Waals surface area contributed by atoms with E-state index in [2.05, 4.69) is 10.6 Å². The van der Waals surface area contributed by atoms with Crippen molar-refractivity contribution >= 4 is 29.1 Å². The zero-order valence-electron chi connectivity index (χ0n) is 14.3. The van der Waals surface area contributed by atoms with E-state index in [4.69, 9.17) is 11.6 Å². The summed E-state index contributed by atoms with van der Waals surface area (Å²) < 4.78 is 13.1. The highest BCUT2D eigenvalue weighted by molar-refractivity contribution is 6.31. The molecule has 4 nitrogen and oxygen atoms in total. The first-order valence-electron chi connectivity index (χ1n) is 8.23. The maximum Gasteiger partial charge on any atom is 0.227 e. The van der Waals surface area contributed by atoms with Crippen molar-refractivity contribution in [3.63, 3.8) is 0 Å². The Morgan fingerprint density at radius 2 is 1.62 bits per heavy atom. The first kappa shape index (κ1) is 18.7. The lowest BCUT2D eigenvalue weighted by atomic mass is 9.81. The third kappa shape index (κ3) is 5.20. The fourth-order valence-corrected chi connectivity index (χ4v) is 3.09. The average Bonchev–Trinajstić information content (AvgIpc) is 2.49. The lowest BCUT2D eigenvalue weighted by Gasteiger charge is -2.30. The van der Waals surface area contributed by atoms with Gasteiger partial charge in [0.2, 0.25) is 11.8 Å². The van der Waals surface area contributed by atoms with Gasteiger partial charge >= 0.3 is 0 Å². The zero-order valence-corrected chi connectivity index (χ0v) is 15.0. The van der Waals surface area contributed by atoms with Crippen LogP contribution < -0.4 is 10.6 Å². The summed E-state index contributed by atoms with van der Waals surface area (Å²) in [6.45, 7) is 5.87. The number of carbonyl (C=O) groups excluding carboxylic acids is 2. The number of nitrogens with one attached hydrogen (secondary N) is 2. The standard InChI is InChI=1S/C18H24ClFN2O2/c1-18(2,3)22-17(24)12-6-4-11(5-7-12)16(23)21-13-8-9-15(20)14(19)10-13/h8-12H,4-7H2,1-3H3,(H,21,23)(H,22,24). The van der Waals surface area contributed by atoms with Gasteiger partial charge in [0.05, 0.1) is 5.02 Å². The number of anilines is 1. The molecule has 1 aromatic carbocycles. The Balaban J connectivity index is 1.86. The predicted molar refractivity (Wildman–Crippen MR) is 93.4 cm³/mol. The van der Waals surface area contributed by atoms with E-state index in [9.17, 15) is 14.0 Å². The van der Waals surface area contributed by atoms with Gasteiger partial charge in [-0.2, -0.15) is 0 Å². The molecule has 2 N–H and O–H groups in total. The second-order valence-electron chi connectivity index (χ2n) is 7.41. The molecular formula is C18H24ClFN2O2. The molecule has 0 aromatic heterocycles. The molecule has 0 aliphatic heterocycles. The number of amides is 2. The van der Waals surface area contributed by atoms with Crippen LogP contribution in [-0.2, 0) is 9.59 Å². The number of rotatable bonds is 3. The summed E-state index contributed by atoms with van der Waals surface area (Å²) in [5, 5.41) is 5.75. The Morgan fingerprint density at radius 1 is 1.08 bits per heavy atom. The van der Waals surface area contributed by atoms with Crippen molar-refractivity contribution in [2.45, 2.75) is 52.0 Å². The second kappa shape index (κ2) is 7.51. The van der Waals surface area contributed by atoms with Crippen molar-refractivity contribution in [3.8, 4) is 0 Å². The molecule has 0 bridgehead atoms. The molecule has 1 aliphatic rings. The molecule has 2 amide bonds. The number of hydrogen-bond donors (Lipinski definition) is 2. The predicted octanol–water partition coefficient (Wildman–Crippen LogP) is 4.14. The first-order valence-corrected chi connectivity index (χ1v) is 8.61. The Morgan fingerprint density at radius 3 is 2.12 bits per heavy atom. The van der Waals surface area contributed by atoms with Gasteiger partial charge in [-0.05, 0) is 64.7 Å². The summed E-state index contributed by atoms with van der Waals surface area (Å²) in [6.07, 6.45) is 2.74. The monoisotopic (exact) mass is 354 g/mol. The molecule has 0 spiro atoms. The van der Waals surface area contributed by atoms with Crippen molar-refractivity contribution in [3.05, 3.63) is 29.0 Å². The molecule has 1 aromatic rings. The van der Waals surface area contributed by atoms with Crippen LogP contribution in [0, 0.1) is 17.7 Å². The van der Waals surface area contributed by atoms with E-state index in [1.54, 1.807) is 0 Å². The summed E-state index contributed by atoms with van der Waals surface area (Å²) >= 11 is 5.72. The smallest absolute Gasteiger partial charge is 0.227 e. The molecule has 1 fully saturated rings. The van der Waals surface area contributed by atoms with Gasteiger partial charge in [0, 0.05) is 23.1 Å². The molecule has 0 radical (unpaired) electrons. The van der Waals surface area contributed by atoms with E-state index in [0.717, 1.165) is 0 Å². The molecule has 0 saturated heterocycles. The summed E-state index contributed by atoms with van der Waals surface area (Å²) in [5.41, 5.74) is 0.242. The van der Waals surface area contributed by atoms with Crippen LogP contribution in [0.5, 0.6) is 0 Å². The van der Waals surface area contributed by atoms with Crippen molar-refractivity contribution in [1.82, 2.24) is 5.32 Å². The molecule has 1 aliphatic carbocycles. The molecule has 24 heavy (non-hydrogen) atoms. The minimum absolute atomic E-state index is 0.0182. The molecule has 132 valence electrons. The van der Waals surface area contributed by atoms with Gasteiger partial charge in [0.1, 0.15) is 5.82 Å². The molecule has 0 atom stereocenters. The Labute approximate surface area is 147 Å². The van der Waals surface area contributed by atoms with Gasteiger partial charge in [0.25, 0.3) is 0 Å². The lowest BCUT2D eigenvalue weighted by Crippen LogP contribution is -2.45. The molecular weight excluding hydrogens is 331 g/mol. The van der Waals surface area contributed by atoms with E-state index in [1.165, 1.54) is 18.2 Å². The fourth-order valence-electron chi connectivity index (χ4n) is 2.91. The maximum absolute atomic E-state index is 13.1. The second-order valence-corrected chi connectivity index (χ2v) is 7.81. The average molecular weight is 355 g/mol. The quantitative estimate of drug-likeness (QED) is 0.857.